The fourth-order valence-corrected chi connectivity index (χ4v) is 2.31. The van der Waals surface area contributed by atoms with Gasteiger partial charge in [-0.25, -0.2) is 4.39 Å². The molecule has 1 heterocycles. The van der Waals surface area contributed by atoms with Crippen molar-refractivity contribution in [2.45, 2.75) is 0 Å². The normalized spacial score (nSPS) is 10.7. The van der Waals surface area contributed by atoms with E-state index in [4.69, 9.17) is 5.73 Å². The Bertz CT molecular complexity index is 771. The van der Waals surface area contributed by atoms with Crippen molar-refractivity contribution in [1.29, 1.82) is 0 Å². The molecule has 2 aromatic carbocycles. The van der Waals surface area contributed by atoms with Gasteiger partial charge in [-0.15, -0.1) is 0 Å². The van der Waals surface area contributed by atoms with Gasteiger partial charge in [0.05, 0.1) is 0 Å². The fraction of sp³-hybridized carbons (Fsp3) is 0.0625. The van der Waals surface area contributed by atoms with Gasteiger partial charge in [0, 0.05) is 47.3 Å². The summed E-state index contributed by atoms with van der Waals surface area (Å²) in [6, 6.07) is 12.2. The van der Waals surface area contributed by atoms with Gasteiger partial charge in [0.15, 0.2) is 0 Å². The van der Waals surface area contributed by atoms with Crippen LogP contribution in [0.5, 0.6) is 0 Å². The molecule has 0 bridgehead atoms. The van der Waals surface area contributed by atoms with Crippen molar-refractivity contribution in [2.75, 3.05) is 17.7 Å². The molecule has 0 saturated carbocycles. The molecular weight excluding hydrogens is 253 g/mol. The maximum Gasteiger partial charge on any atom is 0.125 e. The molecule has 3 nitrogen and oxygen atoms in total. The highest BCUT2D eigenvalue weighted by molar-refractivity contribution is 6.01. The number of benzene rings is 2. The van der Waals surface area contributed by atoms with E-state index < -0.39 is 0 Å². The zero-order valence-corrected chi connectivity index (χ0v) is 11.0. The minimum Gasteiger partial charge on any atom is -0.398 e. The average molecular weight is 267 g/mol. The second kappa shape index (κ2) is 4.81. The SMILES string of the molecule is CN(c1cccc(F)c1)c1ccc(N)c2cnccc12. The highest BCUT2D eigenvalue weighted by Crippen LogP contribution is 2.33. The maximum atomic E-state index is 13.4. The molecule has 0 atom stereocenters. The number of nitrogens with two attached hydrogens (primary N) is 1. The summed E-state index contributed by atoms with van der Waals surface area (Å²) < 4.78 is 13.4. The topological polar surface area (TPSA) is 42.1 Å². The van der Waals surface area contributed by atoms with Gasteiger partial charge in [0.25, 0.3) is 0 Å². The summed E-state index contributed by atoms with van der Waals surface area (Å²) in [4.78, 5) is 6.04. The Labute approximate surface area is 116 Å². The highest BCUT2D eigenvalue weighted by Gasteiger charge is 2.10. The number of aromatic nitrogens is 1. The standard InChI is InChI=1S/C16H14FN3/c1-20(12-4-2-3-11(17)9-12)16-6-5-15(18)14-10-19-8-7-13(14)16/h2-10H,18H2,1H3. The number of rotatable bonds is 2. The van der Waals surface area contributed by atoms with E-state index in [1.807, 2.05) is 36.2 Å². The molecule has 0 aliphatic heterocycles. The fourth-order valence-electron chi connectivity index (χ4n) is 2.31. The van der Waals surface area contributed by atoms with Crippen LogP contribution in [-0.4, -0.2) is 12.0 Å². The summed E-state index contributed by atoms with van der Waals surface area (Å²) in [5, 5.41) is 1.89. The van der Waals surface area contributed by atoms with Gasteiger partial charge in [0.1, 0.15) is 5.82 Å². The molecule has 0 fully saturated rings. The van der Waals surface area contributed by atoms with Crippen molar-refractivity contribution < 1.29 is 4.39 Å². The first-order valence-corrected chi connectivity index (χ1v) is 6.28. The number of hydrogen-bond acceptors (Lipinski definition) is 3. The van der Waals surface area contributed by atoms with Crippen LogP contribution in [0.1, 0.15) is 0 Å². The Kier molecular flexibility index (Phi) is 2.99. The smallest absolute Gasteiger partial charge is 0.125 e. The first kappa shape index (κ1) is 12.4. The Morgan fingerprint density at radius 1 is 1.10 bits per heavy atom. The second-order valence-corrected chi connectivity index (χ2v) is 4.63. The van der Waals surface area contributed by atoms with Crippen molar-refractivity contribution >= 4 is 27.8 Å². The zero-order valence-electron chi connectivity index (χ0n) is 11.0. The van der Waals surface area contributed by atoms with Crippen molar-refractivity contribution in [2.24, 2.45) is 0 Å². The molecule has 20 heavy (non-hydrogen) atoms. The minimum absolute atomic E-state index is 0.254. The third kappa shape index (κ3) is 2.05. The zero-order chi connectivity index (χ0) is 14.1. The lowest BCUT2D eigenvalue weighted by atomic mass is 10.1. The van der Waals surface area contributed by atoms with Crippen LogP contribution in [0.2, 0.25) is 0 Å². The van der Waals surface area contributed by atoms with Crippen molar-refractivity contribution in [3.8, 4) is 0 Å². The Hall–Kier alpha value is -2.62. The molecule has 1 aromatic heterocycles. The summed E-state index contributed by atoms with van der Waals surface area (Å²) in [5.41, 5.74) is 8.40. The van der Waals surface area contributed by atoms with Crippen molar-refractivity contribution in [1.82, 2.24) is 4.98 Å². The summed E-state index contributed by atoms with van der Waals surface area (Å²) in [5.74, 6) is -0.254. The largest absolute Gasteiger partial charge is 0.398 e. The number of nitrogens with zero attached hydrogens (tertiary/aromatic N) is 2. The van der Waals surface area contributed by atoms with Gasteiger partial charge in [-0.05, 0) is 36.4 Å². The van der Waals surface area contributed by atoms with E-state index in [2.05, 4.69) is 4.98 Å². The molecule has 0 aliphatic rings. The molecule has 0 amide bonds. The molecule has 0 radical (unpaired) electrons. The summed E-state index contributed by atoms with van der Waals surface area (Å²) in [7, 11) is 1.90. The van der Waals surface area contributed by atoms with E-state index >= 15 is 0 Å². The van der Waals surface area contributed by atoms with Gasteiger partial charge < -0.3 is 10.6 Å². The van der Waals surface area contributed by atoms with E-state index in [-0.39, 0.29) is 5.82 Å². The van der Waals surface area contributed by atoms with Crippen LogP contribution in [-0.2, 0) is 0 Å². The summed E-state index contributed by atoms with van der Waals surface area (Å²) in [6.45, 7) is 0. The summed E-state index contributed by atoms with van der Waals surface area (Å²) >= 11 is 0. The number of nitrogen functional groups attached to an aromatic ring is 1. The molecule has 100 valence electrons. The first-order valence-electron chi connectivity index (χ1n) is 6.28. The van der Waals surface area contributed by atoms with Gasteiger partial charge >= 0.3 is 0 Å². The van der Waals surface area contributed by atoms with Crippen LogP contribution in [0.3, 0.4) is 0 Å². The first-order chi connectivity index (χ1) is 9.66. The third-order valence-corrected chi connectivity index (χ3v) is 3.39. The Morgan fingerprint density at radius 2 is 1.95 bits per heavy atom. The van der Waals surface area contributed by atoms with Crippen molar-refractivity contribution in [3.05, 3.63) is 60.7 Å². The van der Waals surface area contributed by atoms with Crippen LogP contribution in [0.15, 0.2) is 54.9 Å². The number of hydrogen-bond donors (Lipinski definition) is 1. The lowest BCUT2D eigenvalue weighted by Crippen LogP contribution is -2.10. The number of fused-ring (bicyclic) bond motifs is 1. The third-order valence-electron chi connectivity index (χ3n) is 3.39. The predicted octanol–water partition coefficient (Wildman–Crippen LogP) is 3.72. The Balaban J connectivity index is 2.17. The molecule has 3 aromatic rings. The van der Waals surface area contributed by atoms with E-state index in [0.717, 1.165) is 22.1 Å². The van der Waals surface area contributed by atoms with Gasteiger partial charge in [-0.3, -0.25) is 4.98 Å². The van der Waals surface area contributed by atoms with Gasteiger partial charge in [-0.2, -0.15) is 0 Å². The molecule has 4 heteroatoms. The molecule has 0 unspecified atom stereocenters. The van der Waals surface area contributed by atoms with Crippen LogP contribution in [0, 0.1) is 5.82 Å². The molecular formula is C16H14FN3. The molecule has 0 spiro atoms. The number of pyridine rings is 1. The van der Waals surface area contributed by atoms with Gasteiger partial charge in [0.2, 0.25) is 0 Å². The van der Waals surface area contributed by atoms with E-state index in [1.165, 1.54) is 12.1 Å². The number of halogens is 1. The highest BCUT2D eigenvalue weighted by atomic mass is 19.1. The van der Waals surface area contributed by atoms with Crippen LogP contribution in [0.4, 0.5) is 21.5 Å². The molecule has 0 saturated heterocycles. The predicted molar refractivity (Wildman–Crippen MR) is 80.6 cm³/mol. The van der Waals surface area contributed by atoms with E-state index in [9.17, 15) is 4.39 Å². The van der Waals surface area contributed by atoms with E-state index in [1.54, 1.807) is 18.5 Å². The lowest BCUT2D eigenvalue weighted by Gasteiger charge is -2.22. The minimum atomic E-state index is -0.254. The maximum absolute atomic E-state index is 13.4. The molecule has 2 N–H and O–H groups in total. The van der Waals surface area contributed by atoms with Crippen LogP contribution >= 0.6 is 0 Å². The second-order valence-electron chi connectivity index (χ2n) is 4.63. The monoisotopic (exact) mass is 267 g/mol. The van der Waals surface area contributed by atoms with Gasteiger partial charge in [-0.1, -0.05) is 6.07 Å². The van der Waals surface area contributed by atoms with E-state index in [0.29, 0.717) is 5.69 Å². The molecule has 3 rings (SSSR count). The quantitative estimate of drug-likeness (QED) is 0.719. The van der Waals surface area contributed by atoms with Crippen LogP contribution in [0.25, 0.3) is 10.8 Å². The lowest BCUT2D eigenvalue weighted by molar-refractivity contribution is 0.628. The average Bonchev–Trinajstić information content (AvgIpc) is 2.47. The van der Waals surface area contributed by atoms with Crippen LogP contribution < -0.4 is 10.6 Å². The Morgan fingerprint density at radius 3 is 2.75 bits per heavy atom. The summed E-state index contributed by atoms with van der Waals surface area (Å²) in [6.07, 6.45) is 3.47. The van der Waals surface area contributed by atoms with Crippen molar-refractivity contribution in [3.63, 3.8) is 0 Å². The number of anilines is 3. The molecule has 0 aliphatic carbocycles.